The quantitative estimate of drug-likeness (QED) is 0.0497. The average Bonchev–Trinajstić information content (AvgIpc) is 0.810. The lowest BCUT2D eigenvalue weighted by molar-refractivity contribution is -0.226. The van der Waals surface area contributed by atoms with Crippen LogP contribution in [-0.4, -0.2) is 101 Å². The Morgan fingerprint density at radius 1 is 0.380 bits per heavy atom. The molecular weight excluding hydrogens is 1640 g/mol. The van der Waals surface area contributed by atoms with E-state index in [-0.39, 0.29) is 57.5 Å². The van der Waals surface area contributed by atoms with Gasteiger partial charge in [0.15, 0.2) is 24.6 Å². The molecule has 3 heterocycles. The van der Waals surface area contributed by atoms with Crippen molar-refractivity contribution in [2.24, 2.45) is 16.2 Å². The molecule has 0 amide bonds. The van der Waals surface area contributed by atoms with Crippen molar-refractivity contribution in [3.63, 3.8) is 0 Å². The van der Waals surface area contributed by atoms with Crippen LogP contribution in [0.15, 0.2) is 312 Å². The fourth-order valence-corrected chi connectivity index (χ4v) is 12.7. The first kappa shape index (κ1) is 92.8. The maximum absolute atomic E-state index is 10.9. The summed E-state index contributed by atoms with van der Waals surface area (Å²) in [6, 6.07) is 102. The largest absolute Gasteiger partial charge is 0.399 e. The molecule has 0 aliphatic carbocycles. The maximum atomic E-state index is 10.9. The molecule has 624 valence electrons. The first-order chi connectivity index (χ1) is 58.2. The number of aldehydes is 3. The van der Waals surface area contributed by atoms with Gasteiger partial charge >= 0.3 is 0 Å². The monoisotopic (exact) mass is 1750 g/mol. The molecule has 12 aromatic carbocycles. The summed E-state index contributed by atoms with van der Waals surface area (Å²) in [5.41, 5.74) is 23.0. The Balaban J connectivity index is 0.000000167. The predicted octanol–water partition coefficient (Wildman–Crippen LogP) is 24.9. The SMILES string of the molecule is CC1(C)COC(c2ccc(Br)cc2)OC1.CC1(C)COC(c2ccc(Nc3ccccc3)cc2)OC1.CN(C)c1ccc(Br)cc1.CN(C)c1ccc(N(c2ccccc2)c2ccc(C3OCC(C)(C)CO3)cc2)cc1.CN(C)c1ccc(N(c2ccccc2)c2ccc(C=O)cc2)cc1.Nc1ccccc1.[C-]#[N+]c1cc(C=O)c(C#N)cc1C=O. The van der Waals surface area contributed by atoms with Crippen molar-refractivity contribution in [1.29, 1.82) is 5.26 Å². The molecule has 0 radical (unpaired) electrons. The van der Waals surface area contributed by atoms with Crippen molar-refractivity contribution in [2.45, 2.75) is 60.4 Å². The molecule has 3 saturated heterocycles. The van der Waals surface area contributed by atoms with Crippen LogP contribution < -0.4 is 35.6 Å². The highest BCUT2D eigenvalue weighted by atomic mass is 79.9. The lowest BCUT2D eigenvalue weighted by Crippen LogP contribution is -2.33. The van der Waals surface area contributed by atoms with E-state index < -0.39 is 0 Å². The number of carbonyl (C=O) groups excluding carboxylic acids is 3. The number of halogens is 2. The van der Waals surface area contributed by atoms with Gasteiger partial charge in [-0.05, 0) is 194 Å². The second-order valence-corrected chi connectivity index (χ2v) is 33.6. The topological polar surface area (TPSA) is 189 Å². The lowest BCUT2D eigenvalue weighted by Gasteiger charge is -2.34. The van der Waals surface area contributed by atoms with Gasteiger partial charge in [-0.1, -0.05) is 183 Å². The van der Waals surface area contributed by atoms with Gasteiger partial charge in [0.2, 0.25) is 0 Å². The van der Waals surface area contributed by atoms with Crippen LogP contribution in [0.3, 0.4) is 0 Å². The molecule has 0 atom stereocenters. The Morgan fingerprint density at radius 3 is 0.975 bits per heavy atom. The highest BCUT2D eigenvalue weighted by Gasteiger charge is 2.32. The molecule has 0 spiro atoms. The fourth-order valence-electron chi connectivity index (χ4n) is 12.2. The summed E-state index contributed by atoms with van der Waals surface area (Å²) < 4.78 is 37.0. The standard InChI is InChI=1S/C26H30N2O2.C21H20N2O.C18H21NO2.C12H15BrO2.C10H4N2O2.C8H10BrN.C6H7N/c1-26(2)18-29-25(30-19-26)20-10-12-23(13-11-20)28(22-8-6-5-7-9-22)24-16-14-21(15-17-24)27(3)4;1-22(2)18-12-14-21(15-13-18)23(19-6-4-3-5-7-19)20-10-8-17(16-24)9-11-20;1-18(2)12-20-17(21-13-18)14-8-10-16(11-9-14)19-15-6-4-3-5-7-15;1-12(2)7-14-11(15-8-12)9-3-5-10(13)6-4-9;1-12-10-3-8(5-13)7(4-11)2-9(10)6-14;1-10(2)8-5-3-7(9)4-6-8;7-6-4-2-1-3-5-6/h5-17,25H,18-19H2,1-4H3;3-16H,1-2H3;3-11,17,19H,12-13H2,1-2H3;3-6,11H,7-8H2,1-2H3;2-3,5-6H;3-6H,1-2H3;1-5H,7H2. The number of benzene rings is 12. The minimum absolute atomic E-state index is 0.0687. The van der Waals surface area contributed by atoms with E-state index in [1.165, 1.54) is 23.5 Å². The third kappa shape index (κ3) is 29.1. The van der Waals surface area contributed by atoms with E-state index in [1.54, 1.807) is 6.07 Å². The van der Waals surface area contributed by atoms with E-state index in [0.717, 1.165) is 115 Å². The molecule has 3 N–H and O–H groups in total. The second-order valence-electron chi connectivity index (χ2n) is 31.7. The predicted molar refractivity (Wildman–Crippen MR) is 499 cm³/mol. The number of anilines is 12. The number of ether oxygens (including phenoxy) is 6. The zero-order valence-corrected chi connectivity index (χ0v) is 73.9. The summed E-state index contributed by atoms with van der Waals surface area (Å²) in [6.07, 6.45) is 1.10. The van der Waals surface area contributed by atoms with Crippen molar-refractivity contribution in [1.82, 2.24) is 0 Å². The van der Waals surface area contributed by atoms with E-state index >= 15 is 0 Å². The van der Waals surface area contributed by atoms with Crippen LogP contribution in [0.2, 0.25) is 0 Å². The molecule has 15 rings (SSSR count). The Hall–Kier alpha value is -12.1. The van der Waals surface area contributed by atoms with Gasteiger partial charge in [-0.2, -0.15) is 5.26 Å². The minimum Gasteiger partial charge on any atom is -0.399 e. The van der Waals surface area contributed by atoms with Gasteiger partial charge in [0.1, 0.15) is 18.9 Å². The maximum Gasteiger partial charge on any atom is 0.198 e. The van der Waals surface area contributed by atoms with Gasteiger partial charge in [0, 0.05) is 169 Å². The molecule has 0 aromatic heterocycles. The molecule has 3 aliphatic heterocycles. The number of carbonyl (C=O) groups is 3. The van der Waals surface area contributed by atoms with E-state index in [9.17, 15) is 14.4 Å². The molecule has 0 bridgehead atoms. The van der Waals surface area contributed by atoms with Crippen molar-refractivity contribution in [3.05, 3.63) is 363 Å². The number of hydrogen-bond acceptors (Lipinski definition) is 17. The summed E-state index contributed by atoms with van der Waals surface area (Å²) in [5.74, 6) is 0. The van der Waals surface area contributed by atoms with Gasteiger partial charge in [0.25, 0.3) is 0 Å². The number of para-hydroxylation sites is 4. The minimum atomic E-state index is -0.295. The molecule has 3 aliphatic rings. The summed E-state index contributed by atoms with van der Waals surface area (Å²) in [7, 11) is 12.2. The number of nitrogens with two attached hydrogens (primary N) is 1. The second kappa shape index (κ2) is 45.9. The Bertz CT molecular complexity index is 5160. The first-order valence-corrected chi connectivity index (χ1v) is 41.1. The van der Waals surface area contributed by atoms with E-state index in [1.807, 2.05) is 186 Å². The van der Waals surface area contributed by atoms with Gasteiger partial charge in [0.05, 0.1) is 57.8 Å². The normalized spacial score (nSPS) is 14.2. The van der Waals surface area contributed by atoms with E-state index in [4.69, 9.17) is 46.0 Å². The van der Waals surface area contributed by atoms with Gasteiger partial charge in [-0.25, -0.2) is 4.85 Å². The summed E-state index contributed by atoms with van der Waals surface area (Å²) in [4.78, 5) is 45.7. The zero-order chi connectivity index (χ0) is 86.9. The molecule has 20 heteroatoms. The Morgan fingerprint density at radius 2 is 0.661 bits per heavy atom. The fraction of sp³-hybridized carbons (Fsp3) is 0.238. The number of nitrogen functional groups attached to an aromatic ring is 1. The first-order valence-electron chi connectivity index (χ1n) is 39.5. The Kier molecular flexibility index (Phi) is 35.2. The number of nitrogens with one attached hydrogen (secondary N) is 1. The number of nitriles is 1. The molecule has 18 nitrogen and oxygen atoms in total. The molecule has 12 aromatic rings. The molecule has 0 saturated carbocycles. The van der Waals surface area contributed by atoms with Crippen LogP contribution in [0.4, 0.5) is 73.9 Å². The van der Waals surface area contributed by atoms with Crippen molar-refractivity contribution < 1.29 is 42.8 Å². The summed E-state index contributed by atoms with van der Waals surface area (Å²) >= 11 is 6.78. The van der Waals surface area contributed by atoms with Crippen LogP contribution in [0.5, 0.6) is 0 Å². The van der Waals surface area contributed by atoms with Crippen LogP contribution in [-0.2, 0) is 28.4 Å². The molecule has 3 fully saturated rings. The van der Waals surface area contributed by atoms with E-state index in [0.29, 0.717) is 31.3 Å². The average molecular weight is 1750 g/mol. The smallest absolute Gasteiger partial charge is 0.198 e. The van der Waals surface area contributed by atoms with Crippen molar-refractivity contribution in [3.8, 4) is 6.07 Å². The molecule has 121 heavy (non-hydrogen) atoms. The highest BCUT2D eigenvalue weighted by molar-refractivity contribution is 9.10. The molecular formula is C101H107Br2N9O9. The van der Waals surface area contributed by atoms with Crippen molar-refractivity contribution >= 4 is 125 Å². The van der Waals surface area contributed by atoms with Crippen LogP contribution >= 0.6 is 31.9 Å². The Labute approximate surface area is 730 Å². The highest BCUT2D eigenvalue weighted by Crippen LogP contribution is 2.40. The van der Waals surface area contributed by atoms with Crippen LogP contribution in [0, 0.1) is 34.1 Å². The number of hydrogen-bond donors (Lipinski definition) is 2. The summed E-state index contributed by atoms with van der Waals surface area (Å²) in [6.45, 7) is 24.0. The number of rotatable bonds is 17. The zero-order valence-electron chi connectivity index (χ0n) is 70.7. The molecule has 0 unspecified atom stereocenters. The summed E-state index contributed by atoms with van der Waals surface area (Å²) in [5, 5.41) is 12.0. The van der Waals surface area contributed by atoms with Crippen molar-refractivity contribution in [2.75, 3.05) is 117 Å². The van der Waals surface area contributed by atoms with E-state index in [2.05, 4.69) is 256 Å². The van der Waals surface area contributed by atoms with Gasteiger partial charge in [-0.15, -0.1) is 0 Å². The third-order valence-electron chi connectivity index (χ3n) is 19.0. The lowest BCUT2D eigenvalue weighted by atomic mass is 9.95. The van der Waals surface area contributed by atoms with Gasteiger partial charge < -0.3 is 64.0 Å². The van der Waals surface area contributed by atoms with Crippen LogP contribution in [0.25, 0.3) is 4.85 Å². The van der Waals surface area contributed by atoms with Gasteiger partial charge in [-0.3, -0.25) is 14.4 Å². The number of nitrogens with zero attached hydrogens (tertiary/aromatic N) is 7. The third-order valence-corrected chi connectivity index (χ3v) is 20.0. The van der Waals surface area contributed by atoms with Crippen LogP contribution in [0.1, 0.15) is 114 Å².